The molecule has 0 radical (unpaired) electrons. The highest BCUT2D eigenvalue weighted by molar-refractivity contribution is 7.94. The second-order valence-corrected chi connectivity index (χ2v) is 5.93. The Hall–Kier alpha value is -1.13. The van der Waals surface area contributed by atoms with E-state index in [1.807, 2.05) is 0 Å². The maximum atomic E-state index is 11.9. The first-order valence-electron chi connectivity index (χ1n) is 5.78. The quantitative estimate of drug-likeness (QED) is 0.830. The van der Waals surface area contributed by atoms with Gasteiger partial charge in [0.1, 0.15) is 0 Å². The summed E-state index contributed by atoms with van der Waals surface area (Å²) >= 11 is 0. The van der Waals surface area contributed by atoms with Crippen molar-refractivity contribution in [3.8, 4) is 0 Å². The number of hydrogen-bond acceptors (Lipinski definition) is 3. The van der Waals surface area contributed by atoms with Crippen LogP contribution in [-0.4, -0.2) is 21.1 Å². The molecule has 3 nitrogen and oxygen atoms in total. The standard InChI is InChI=1S/C13H16O3S/c14-17(15,13-7-2-1-3-8-13)11-9-12-6-4-5-10-16-12/h1-3,7-9,11-12H,4-6,10H2/b11-9+. The van der Waals surface area contributed by atoms with Gasteiger partial charge in [-0.05, 0) is 37.5 Å². The van der Waals surface area contributed by atoms with Gasteiger partial charge in [-0.25, -0.2) is 8.42 Å². The average molecular weight is 252 g/mol. The van der Waals surface area contributed by atoms with Crippen LogP contribution in [0.1, 0.15) is 19.3 Å². The van der Waals surface area contributed by atoms with E-state index in [2.05, 4.69) is 0 Å². The Morgan fingerprint density at radius 3 is 2.59 bits per heavy atom. The summed E-state index contributed by atoms with van der Waals surface area (Å²) in [5.41, 5.74) is 0. The van der Waals surface area contributed by atoms with Gasteiger partial charge in [-0.2, -0.15) is 0 Å². The molecule has 0 bridgehead atoms. The molecule has 1 unspecified atom stereocenters. The molecule has 4 heteroatoms. The molecule has 1 fully saturated rings. The Labute approximate surface area is 102 Å². The molecular weight excluding hydrogens is 236 g/mol. The first-order chi connectivity index (χ1) is 8.18. The fraction of sp³-hybridized carbons (Fsp3) is 0.385. The SMILES string of the molecule is O=S(=O)(/C=C/C1CCCCO1)c1ccccc1. The maximum absolute atomic E-state index is 11.9. The van der Waals surface area contributed by atoms with E-state index in [9.17, 15) is 8.42 Å². The van der Waals surface area contributed by atoms with E-state index < -0.39 is 9.84 Å². The van der Waals surface area contributed by atoms with E-state index in [4.69, 9.17) is 4.74 Å². The topological polar surface area (TPSA) is 43.4 Å². The molecule has 2 rings (SSSR count). The van der Waals surface area contributed by atoms with Crippen LogP contribution in [0, 0.1) is 0 Å². The highest BCUT2D eigenvalue weighted by Gasteiger charge is 2.13. The van der Waals surface area contributed by atoms with Crippen molar-refractivity contribution in [2.75, 3.05) is 6.61 Å². The lowest BCUT2D eigenvalue weighted by atomic mass is 10.1. The summed E-state index contributed by atoms with van der Waals surface area (Å²) in [5, 5.41) is 1.26. The molecule has 0 N–H and O–H groups in total. The highest BCUT2D eigenvalue weighted by atomic mass is 32.2. The van der Waals surface area contributed by atoms with Crippen molar-refractivity contribution in [3.63, 3.8) is 0 Å². The van der Waals surface area contributed by atoms with E-state index in [1.165, 1.54) is 5.41 Å². The predicted octanol–water partition coefficient (Wildman–Crippen LogP) is 2.54. The lowest BCUT2D eigenvalue weighted by Gasteiger charge is -2.18. The van der Waals surface area contributed by atoms with Gasteiger partial charge in [-0.1, -0.05) is 18.2 Å². The van der Waals surface area contributed by atoms with Crippen molar-refractivity contribution in [2.45, 2.75) is 30.3 Å². The molecule has 1 saturated heterocycles. The van der Waals surface area contributed by atoms with E-state index >= 15 is 0 Å². The van der Waals surface area contributed by atoms with Gasteiger partial charge in [0.25, 0.3) is 0 Å². The molecule has 0 saturated carbocycles. The number of sulfone groups is 1. The molecular formula is C13H16O3S. The van der Waals surface area contributed by atoms with Gasteiger partial charge in [0, 0.05) is 12.0 Å². The van der Waals surface area contributed by atoms with Crippen LogP contribution < -0.4 is 0 Å². The molecule has 92 valence electrons. The van der Waals surface area contributed by atoms with Crippen LogP contribution in [0.5, 0.6) is 0 Å². The van der Waals surface area contributed by atoms with Gasteiger partial charge in [-0.15, -0.1) is 0 Å². The van der Waals surface area contributed by atoms with Gasteiger partial charge in [0.05, 0.1) is 11.0 Å². The average Bonchev–Trinajstić information content (AvgIpc) is 2.39. The van der Waals surface area contributed by atoms with Crippen LogP contribution in [0.15, 0.2) is 46.7 Å². The first-order valence-corrected chi connectivity index (χ1v) is 7.33. The predicted molar refractivity (Wildman–Crippen MR) is 66.4 cm³/mol. The van der Waals surface area contributed by atoms with Gasteiger partial charge in [0.2, 0.25) is 0 Å². The van der Waals surface area contributed by atoms with Crippen molar-refractivity contribution in [2.24, 2.45) is 0 Å². The zero-order valence-electron chi connectivity index (χ0n) is 9.58. The summed E-state index contributed by atoms with van der Waals surface area (Å²) in [5.74, 6) is 0. The maximum Gasteiger partial charge on any atom is 0.199 e. The van der Waals surface area contributed by atoms with Gasteiger partial charge in [-0.3, -0.25) is 0 Å². The second-order valence-electron chi connectivity index (χ2n) is 4.09. The minimum Gasteiger partial charge on any atom is -0.374 e. The van der Waals surface area contributed by atoms with Crippen molar-refractivity contribution >= 4 is 9.84 Å². The molecule has 0 amide bonds. The van der Waals surface area contributed by atoms with E-state index in [1.54, 1.807) is 36.4 Å². The third-order valence-corrected chi connectivity index (χ3v) is 4.20. The fourth-order valence-electron chi connectivity index (χ4n) is 1.80. The normalized spacial score (nSPS) is 21.8. The molecule has 17 heavy (non-hydrogen) atoms. The molecule has 1 aliphatic rings. The van der Waals surface area contributed by atoms with E-state index in [0.717, 1.165) is 25.9 Å². The fourth-order valence-corrected chi connectivity index (χ4v) is 2.87. The molecule has 1 heterocycles. The van der Waals surface area contributed by atoms with Crippen LogP contribution in [0.4, 0.5) is 0 Å². The largest absolute Gasteiger partial charge is 0.374 e. The number of hydrogen-bond donors (Lipinski definition) is 0. The summed E-state index contributed by atoms with van der Waals surface area (Å²) < 4.78 is 29.3. The zero-order chi connectivity index (χ0) is 12.1. The Bertz CT molecular complexity index is 471. The van der Waals surface area contributed by atoms with Gasteiger partial charge in [0.15, 0.2) is 9.84 Å². The summed E-state index contributed by atoms with van der Waals surface area (Å²) in [6.45, 7) is 0.723. The third-order valence-electron chi connectivity index (χ3n) is 2.76. The Morgan fingerprint density at radius 2 is 1.94 bits per heavy atom. The second kappa shape index (κ2) is 5.47. The van der Waals surface area contributed by atoms with Crippen LogP contribution in [0.2, 0.25) is 0 Å². The van der Waals surface area contributed by atoms with Crippen molar-refractivity contribution < 1.29 is 13.2 Å². The Kier molecular flexibility index (Phi) is 3.97. The van der Waals surface area contributed by atoms with Crippen LogP contribution in [0.3, 0.4) is 0 Å². The number of benzene rings is 1. The molecule has 0 aliphatic carbocycles. The van der Waals surface area contributed by atoms with Crippen molar-refractivity contribution in [1.82, 2.24) is 0 Å². The number of rotatable bonds is 3. The van der Waals surface area contributed by atoms with Gasteiger partial charge < -0.3 is 4.74 Å². The zero-order valence-corrected chi connectivity index (χ0v) is 10.4. The molecule has 1 aromatic carbocycles. The molecule has 0 aromatic heterocycles. The summed E-state index contributed by atoms with van der Waals surface area (Å²) in [6.07, 6.45) is 4.67. The minimum absolute atomic E-state index is 0.0535. The summed E-state index contributed by atoms with van der Waals surface area (Å²) in [6, 6.07) is 8.44. The lowest BCUT2D eigenvalue weighted by Crippen LogP contribution is -2.16. The minimum atomic E-state index is -3.32. The molecule has 1 aliphatic heterocycles. The van der Waals surface area contributed by atoms with Crippen LogP contribution in [-0.2, 0) is 14.6 Å². The molecule has 0 spiro atoms. The lowest BCUT2D eigenvalue weighted by molar-refractivity contribution is 0.0467. The first kappa shape index (κ1) is 12.3. The van der Waals surface area contributed by atoms with Crippen molar-refractivity contribution in [1.29, 1.82) is 0 Å². The summed E-state index contributed by atoms with van der Waals surface area (Å²) in [7, 11) is -3.32. The molecule has 1 aromatic rings. The monoisotopic (exact) mass is 252 g/mol. The number of ether oxygens (including phenoxy) is 1. The van der Waals surface area contributed by atoms with Crippen LogP contribution in [0.25, 0.3) is 0 Å². The van der Waals surface area contributed by atoms with Gasteiger partial charge >= 0.3 is 0 Å². The third kappa shape index (κ3) is 3.41. The Balaban J connectivity index is 2.09. The smallest absolute Gasteiger partial charge is 0.199 e. The molecule has 1 atom stereocenters. The Morgan fingerprint density at radius 1 is 1.18 bits per heavy atom. The summed E-state index contributed by atoms with van der Waals surface area (Å²) in [4.78, 5) is 0.326. The van der Waals surface area contributed by atoms with E-state index in [-0.39, 0.29) is 6.10 Å². The van der Waals surface area contributed by atoms with E-state index in [0.29, 0.717) is 4.90 Å². The highest BCUT2D eigenvalue weighted by Crippen LogP contribution is 2.16. The van der Waals surface area contributed by atoms with Crippen LogP contribution >= 0.6 is 0 Å². The van der Waals surface area contributed by atoms with Crippen molar-refractivity contribution in [3.05, 3.63) is 41.8 Å².